The van der Waals surface area contributed by atoms with Crippen molar-refractivity contribution in [3.63, 3.8) is 0 Å². The number of imidazole rings is 1. The molecule has 102 valence electrons. The van der Waals surface area contributed by atoms with Gasteiger partial charge in [-0.25, -0.2) is 9.97 Å². The minimum Gasteiger partial charge on any atom is -0.312 e. The molecule has 3 nitrogen and oxygen atoms in total. The Balaban J connectivity index is 2.05. The second kappa shape index (κ2) is 4.95. The molecule has 0 bridgehead atoms. The first-order chi connectivity index (χ1) is 9.11. The standard InChI is InChI=1S/C14H17Cl2N3/c1-14(4-2-5-14)9-19-12(3-6-15)18-11-7-10(16)8-17-13(11)19/h7-8H,2-6,9H2,1H3. The summed E-state index contributed by atoms with van der Waals surface area (Å²) < 4.78 is 2.23. The zero-order chi connectivity index (χ0) is 13.5. The Kier molecular flexibility index (Phi) is 3.44. The van der Waals surface area contributed by atoms with E-state index >= 15 is 0 Å². The van der Waals surface area contributed by atoms with Crippen LogP contribution in [0.15, 0.2) is 12.3 Å². The van der Waals surface area contributed by atoms with Crippen LogP contribution in [0.1, 0.15) is 32.0 Å². The predicted octanol–water partition coefficient (Wildman–Crippen LogP) is 4.06. The summed E-state index contributed by atoms with van der Waals surface area (Å²) in [6.45, 7) is 3.31. The van der Waals surface area contributed by atoms with Crippen LogP contribution in [0.25, 0.3) is 11.2 Å². The lowest BCUT2D eigenvalue weighted by Gasteiger charge is -2.39. The third-order valence-electron chi connectivity index (χ3n) is 4.05. The molecule has 0 N–H and O–H groups in total. The molecule has 1 saturated carbocycles. The van der Waals surface area contributed by atoms with Crippen molar-refractivity contribution in [3.8, 4) is 0 Å². The maximum absolute atomic E-state index is 5.99. The molecule has 2 heterocycles. The van der Waals surface area contributed by atoms with Crippen LogP contribution >= 0.6 is 23.2 Å². The predicted molar refractivity (Wildman–Crippen MR) is 78.9 cm³/mol. The van der Waals surface area contributed by atoms with E-state index < -0.39 is 0 Å². The van der Waals surface area contributed by atoms with Crippen LogP contribution in [0.3, 0.4) is 0 Å². The molecule has 19 heavy (non-hydrogen) atoms. The molecule has 2 aromatic rings. The van der Waals surface area contributed by atoms with E-state index in [0.29, 0.717) is 16.3 Å². The first-order valence-electron chi connectivity index (χ1n) is 6.68. The number of rotatable bonds is 4. The van der Waals surface area contributed by atoms with Crippen molar-refractivity contribution in [2.45, 2.75) is 39.2 Å². The van der Waals surface area contributed by atoms with Crippen molar-refractivity contribution in [3.05, 3.63) is 23.1 Å². The van der Waals surface area contributed by atoms with Crippen LogP contribution in [0.5, 0.6) is 0 Å². The van der Waals surface area contributed by atoms with E-state index in [4.69, 9.17) is 23.2 Å². The minimum absolute atomic E-state index is 0.385. The lowest BCUT2D eigenvalue weighted by molar-refractivity contribution is 0.132. The summed E-state index contributed by atoms with van der Waals surface area (Å²) in [4.78, 5) is 9.09. The topological polar surface area (TPSA) is 30.7 Å². The van der Waals surface area contributed by atoms with Gasteiger partial charge < -0.3 is 4.57 Å². The maximum Gasteiger partial charge on any atom is 0.160 e. The number of nitrogens with zero attached hydrogens (tertiary/aromatic N) is 3. The van der Waals surface area contributed by atoms with Crippen molar-refractivity contribution in [2.75, 3.05) is 5.88 Å². The molecule has 0 aliphatic heterocycles. The van der Waals surface area contributed by atoms with Gasteiger partial charge in [0, 0.05) is 25.0 Å². The summed E-state index contributed by atoms with van der Waals surface area (Å²) in [6, 6.07) is 1.88. The van der Waals surface area contributed by atoms with Crippen molar-refractivity contribution < 1.29 is 0 Å². The zero-order valence-electron chi connectivity index (χ0n) is 11.0. The third kappa shape index (κ3) is 2.46. The maximum atomic E-state index is 5.99. The van der Waals surface area contributed by atoms with Crippen LogP contribution in [-0.2, 0) is 13.0 Å². The van der Waals surface area contributed by atoms with E-state index in [9.17, 15) is 0 Å². The molecule has 0 spiro atoms. The van der Waals surface area contributed by atoms with Crippen molar-refractivity contribution in [1.82, 2.24) is 14.5 Å². The summed E-state index contributed by atoms with van der Waals surface area (Å²) in [5.74, 6) is 1.60. The van der Waals surface area contributed by atoms with Gasteiger partial charge in [0.25, 0.3) is 0 Å². The lowest BCUT2D eigenvalue weighted by atomic mass is 9.70. The largest absolute Gasteiger partial charge is 0.312 e. The fourth-order valence-corrected chi connectivity index (χ4v) is 3.12. The fraction of sp³-hybridized carbons (Fsp3) is 0.571. The minimum atomic E-state index is 0.385. The molecule has 2 aromatic heterocycles. The van der Waals surface area contributed by atoms with Gasteiger partial charge in [0.2, 0.25) is 0 Å². The Hall–Kier alpha value is -0.800. The Bertz CT molecular complexity index is 602. The highest BCUT2D eigenvalue weighted by Crippen LogP contribution is 2.42. The van der Waals surface area contributed by atoms with E-state index in [1.807, 2.05) is 6.07 Å². The number of hydrogen-bond acceptors (Lipinski definition) is 2. The smallest absolute Gasteiger partial charge is 0.160 e. The van der Waals surface area contributed by atoms with Gasteiger partial charge in [-0.2, -0.15) is 0 Å². The molecule has 1 fully saturated rings. The quantitative estimate of drug-likeness (QED) is 0.797. The summed E-state index contributed by atoms with van der Waals surface area (Å²) in [6.07, 6.45) is 6.34. The summed E-state index contributed by atoms with van der Waals surface area (Å²) in [5, 5.41) is 0.629. The van der Waals surface area contributed by atoms with Crippen LogP contribution < -0.4 is 0 Å². The lowest BCUT2D eigenvalue weighted by Crippen LogP contribution is -2.31. The van der Waals surface area contributed by atoms with Crippen LogP contribution in [0.2, 0.25) is 5.02 Å². The molecular formula is C14H17Cl2N3. The van der Waals surface area contributed by atoms with E-state index in [0.717, 1.165) is 30.0 Å². The van der Waals surface area contributed by atoms with Crippen LogP contribution in [0, 0.1) is 5.41 Å². The van der Waals surface area contributed by atoms with Gasteiger partial charge >= 0.3 is 0 Å². The average Bonchev–Trinajstić information content (AvgIpc) is 2.65. The third-order valence-corrected chi connectivity index (χ3v) is 4.44. The molecule has 0 aromatic carbocycles. The van der Waals surface area contributed by atoms with Gasteiger partial charge in [-0.05, 0) is 24.3 Å². The first kappa shape index (κ1) is 13.2. The number of halogens is 2. The van der Waals surface area contributed by atoms with E-state index in [1.54, 1.807) is 6.20 Å². The normalized spacial score (nSPS) is 17.6. The molecule has 1 aliphatic carbocycles. The zero-order valence-corrected chi connectivity index (χ0v) is 12.5. The summed E-state index contributed by atoms with van der Waals surface area (Å²) >= 11 is 11.9. The second-order valence-electron chi connectivity index (χ2n) is 5.71. The van der Waals surface area contributed by atoms with E-state index in [2.05, 4.69) is 21.5 Å². The van der Waals surface area contributed by atoms with Crippen LogP contribution in [0.4, 0.5) is 0 Å². The van der Waals surface area contributed by atoms with Gasteiger partial charge in [-0.1, -0.05) is 24.9 Å². The summed E-state index contributed by atoms with van der Waals surface area (Å²) in [5.41, 5.74) is 2.18. The summed E-state index contributed by atoms with van der Waals surface area (Å²) in [7, 11) is 0. The highest BCUT2D eigenvalue weighted by molar-refractivity contribution is 6.31. The van der Waals surface area contributed by atoms with Gasteiger partial charge in [-0.15, -0.1) is 11.6 Å². The van der Waals surface area contributed by atoms with Gasteiger partial charge in [0.1, 0.15) is 11.3 Å². The van der Waals surface area contributed by atoms with E-state index in [1.165, 1.54) is 19.3 Å². The van der Waals surface area contributed by atoms with Gasteiger partial charge in [0.05, 0.1) is 5.02 Å². The van der Waals surface area contributed by atoms with Crippen molar-refractivity contribution in [2.24, 2.45) is 5.41 Å². The molecule has 5 heteroatoms. The number of pyridine rings is 1. The molecule has 1 aliphatic rings. The van der Waals surface area contributed by atoms with Crippen molar-refractivity contribution in [1.29, 1.82) is 0 Å². The Morgan fingerprint density at radius 2 is 2.21 bits per heavy atom. The number of fused-ring (bicyclic) bond motifs is 1. The molecule has 3 rings (SSSR count). The Morgan fingerprint density at radius 1 is 1.42 bits per heavy atom. The molecule has 0 radical (unpaired) electrons. The molecule has 0 unspecified atom stereocenters. The SMILES string of the molecule is CC1(Cn2c(CCCl)nc3cc(Cl)cnc32)CCC1. The molecule has 0 atom stereocenters. The van der Waals surface area contributed by atoms with Gasteiger partial charge in [-0.3, -0.25) is 0 Å². The first-order valence-corrected chi connectivity index (χ1v) is 7.59. The van der Waals surface area contributed by atoms with Gasteiger partial charge in [0.15, 0.2) is 5.65 Å². The molecular weight excluding hydrogens is 281 g/mol. The Labute approximate surface area is 122 Å². The molecule has 0 saturated heterocycles. The number of hydrogen-bond donors (Lipinski definition) is 0. The van der Waals surface area contributed by atoms with Crippen molar-refractivity contribution >= 4 is 34.4 Å². The molecule has 0 amide bonds. The number of aryl methyl sites for hydroxylation is 1. The Morgan fingerprint density at radius 3 is 2.84 bits per heavy atom. The monoisotopic (exact) mass is 297 g/mol. The second-order valence-corrected chi connectivity index (χ2v) is 6.53. The number of alkyl halides is 1. The van der Waals surface area contributed by atoms with E-state index in [-0.39, 0.29) is 0 Å². The average molecular weight is 298 g/mol. The highest BCUT2D eigenvalue weighted by Gasteiger charge is 2.33. The fourth-order valence-electron chi connectivity index (χ4n) is 2.79. The van der Waals surface area contributed by atoms with Crippen LogP contribution in [-0.4, -0.2) is 20.4 Å². The highest BCUT2D eigenvalue weighted by atomic mass is 35.5. The number of aromatic nitrogens is 3.